The highest BCUT2D eigenvalue weighted by Crippen LogP contribution is 2.32. The summed E-state index contributed by atoms with van der Waals surface area (Å²) < 4.78 is 1.87. The molecule has 1 unspecified atom stereocenters. The van der Waals surface area contributed by atoms with E-state index in [-0.39, 0.29) is 0 Å². The maximum atomic E-state index is 4.12. The molecular formula is C14H21N5S. The monoisotopic (exact) mass is 291 g/mol. The number of hydrogen-bond acceptors (Lipinski definition) is 5. The first kappa shape index (κ1) is 15.0. The van der Waals surface area contributed by atoms with Gasteiger partial charge in [-0.1, -0.05) is 49.0 Å². The van der Waals surface area contributed by atoms with Gasteiger partial charge in [0.2, 0.25) is 5.16 Å². The maximum absolute atomic E-state index is 4.12. The molecule has 0 bridgehead atoms. The predicted molar refractivity (Wildman–Crippen MR) is 81.7 cm³/mol. The van der Waals surface area contributed by atoms with E-state index in [2.05, 4.69) is 59.0 Å². The van der Waals surface area contributed by atoms with E-state index in [1.165, 1.54) is 5.56 Å². The van der Waals surface area contributed by atoms with Crippen LogP contribution in [0.3, 0.4) is 0 Å². The van der Waals surface area contributed by atoms with Gasteiger partial charge < -0.3 is 5.32 Å². The number of hydrogen-bond donors (Lipinski definition) is 1. The van der Waals surface area contributed by atoms with Gasteiger partial charge in [-0.15, -0.1) is 5.10 Å². The Bertz CT molecular complexity index is 499. The van der Waals surface area contributed by atoms with Crippen molar-refractivity contribution in [3.63, 3.8) is 0 Å². The minimum Gasteiger partial charge on any atom is -0.315 e. The van der Waals surface area contributed by atoms with E-state index in [1.807, 2.05) is 10.7 Å². The summed E-state index contributed by atoms with van der Waals surface area (Å²) >= 11 is 1.69. The third kappa shape index (κ3) is 4.31. The summed E-state index contributed by atoms with van der Waals surface area (Å²) in [5.41, 5.74) is 1.29. The zero-order valence-electron chi connectivity index (χ0n) is 12.0. The van der Waals surface area contributed by atoms with E-state index in [0.717, 1.165) is 31.2 Å². The largest absolute Gasteiger partial charge is 0.315 e. The van der Waals surface area contributed by atoms with Crippen molar-refractivity contribution in [2.45, 2.75) is 37.2 Å². The first-order valence-electron chi connectivity index (χ1n) is 6.99. The molecule has 2 aromatic rings. The van der Waals surface area contributed by atoms with Gasteiger partial charge in [-0.25, -0.2) is 4.68 Å². The highest BCUT2D eigenvalue weighted by Gasteiger charge is 2.12. The van der Waals surface area contributed by atoms with Crippen molar-refractivity contribution in [3.05, 3.63) is 35.9 Å². The van der Waals surface area contributed by atoms with Crippen molar-refractivity contribution >= 4 is 11.8 Å². The zero-order valence-corrected chi connectivity index (χ0v) is 12.8. The molecule has 2 rings (SSSR count). The normalized spacial score (nSPS) is 12.5. The summed E-state index contributed by atoms with van der Waals surface area (Å²) in [5.74, 6) is 0. The highest BCUT2D eigenvalue weighted by molar-refractivity contribution is 7.99. The lowest BCUT2D eigenvalue weighted by atomic mass is 10.2. The van der Waals surface area contributed by atoms with Crippen molar-refractivity contribution in [2.75, 3.05) is 13.1 Å². The van der Waals surface area contributed by atoms with Gasteiger partial charge in [0.1, 0.15) is 0 Å². The lowest BCUT2D eigenvalue weighted by Gasteiger charge is -2.11. The summed E-state index contributed by atoms with van der Waals surface area (Å²) in [5, 5.41) is 16.5. The minimum absolute atomic E-state index is 0.338. The summed E-state index contributed by atoms with van der Waals surface area (Å²) in [4.78, 5) is 0. The van der Waals surface area contributed by atoms with Crippen LogP contribution in [0.1, 0.15) is 31.1 Å². The second kappa shape index (κ2) is 8.01. The van der Waals surface area contributed by atoms with Crippen molar-refractivity contribution in [2.24, 2.45) is 0 Å². The standard InChI is InChI=1S/C14H21N5S/c1-3-9-15-10-11-19-14(16-17-18-19)20-12(2)13-7-5-4-6-8-13/h4-8,12,15H,3,9-11H2,1-2H3. The molecule has 0 saturated carbocycles. The van der Waals surface area contributed by atoms with Crippen LogP contribution < -0.4 is 5.32 Å². The van der Waals surface area contributed by atoms with Crippen LogP contribution in [0.5, 0.6) is 0 Å². The average molecular weight is 291 g/mol. The fourth-order valence-corrected chi connectivity index (χ4v) is 2.80. The highest BCUT2D eigenvalue weighted by atomic mass is 32.2. The fourth-order valence-electron chi connectivity index (χ4n) is 1.86. The first-order valence-corrected chi connectivity index (χ1v) is 7.87. The number of aromatic nitrogens is 4. The molecule has 1 aromatic heterocycles. The van der Waals surface area contributed by atoms with Crippen LogP contribution in [0, 0.1) is 0 Å². The Hall–Kier alpha value is -1.40. The Morgan fingerprint density at radius 1 is 1.25 bits per heavy atom. The number of nitrogens with zero attached hydrogens (tertiary/aromatic N) is 4. The molecule has 1 heterocycles. The second-order valence-corrected chi connectivity index (χ2v) is 5.91. The first-order chi connectivity index (χ1) is 9.81. The molecule has 1 N–H and O–H groups in total. The van der Waals surface area contributed by atoms with Gasteiger partial charge in [-0.05, 0) is 35.9 Å². The Morgan fingerprint density at radius 3 is 2.80 bits per heavy atom. The van der Waals surface area contributed by atoms with E-state index < -0.39 is 0 Å². The van der Waals surface area contributed by atoms with Crippen LogP contribution in [0.4, 0.5) is 0 Å². The lowest BCUT2D eigenvalue weighted by Crippen LogP contribution is -2.21. The SMILES string of the molecule is CCCNCCn1nnnc1SC(C)c1ccccc1. The third-order valence-corrected chi connectivity index (χ3v) is 4.11. The summed E-state index contributed by atoms with van der Waals surface area (Å²) in [7, 11) is 0. The zero-order chi connectivity index (χ0) is 14.2. The van der Waals surface area contributed by atoms with Gasteiger partial charge in [-0.2, -0.15) is 0 Å². The van der Waals surface area contributed by atoms with Gasteiger partial charge in [-0.3, -0.25) is 0 Å². The van der Waals surface area contributed by atoms with Gasteiger partial charge in [0.05, 0.1) is 6.54 Å². The van der Waals surface area contributed by atoms with E-state index in [9.17, 15) is 0 Å². The van der Waals surface area contributed by atoms with Crippen molar-refractivity contribution in [3.8, 4) is 0 Å². The number of rotatable bonds is 8. The van der Waals surface area contributed by atoms with Crippen LogP contribution in [-0.4, -0.2) is 33.3 Å². The van der Waals surface area contributed by atoms with E-state index in [0.29, 0.717) is 5.25 Å². The van der Waals surface area contributed by atoms with Crippen molar-refractivity contribution in [1.82, 2.24) is 25.5 Å². The Morgan fingerprint density at radius 2 is 2.05 bits per heavy atom. The van der Waals surface area contributed by atoms with Gasteiger partial charge >= 0.3 is 0 Å². The predicted octanol–water partition coefficient (Wildman–Crippen LogP) is 2.53. The third-order valence-electron chi connectivity index (χ3n) is 2.98. The molecule has 0 aliphatic carbocycles. The van der Waals surface area contributed by atoms with Crippen LogP contribution in [0.15, 0.2) is 35.5 Å². The van der Waals surface area contributed by atoms with Crippen molar-refractivity contribution < 1.29 is 0 Å². The molecule has 5 nitrogen and oxygen atoms in total. The minimum atomic E-state index is 0.338. The molecule has 0 saturated heterocycles. The molecule has 6 heteroatoms. The summed E-state index contributed by atoms with van der Waals surface area (Å²) in [6.07, 6.45) is 1.14. The van der Waals surface area contributed by atoms with Crippen molar-refractivity contribution in [1.29, 1.82) is 0 Å². The van der Waals surface area contributed by atoms with E-state index in [4.69, 9.17) is 0 Å². The molecule has 0 aliphatic rings. The van der Waals surface area contributed by atoms with Crippen LogP contribution >= 0.6 is 11.8 Å². The molecule has 0 fully saturated rings. The number of nitrogens with one attached hydrogen (secondary N) is 1. The second-order valence-electron chi connectivity index (χ2n) is 4.61. The lowest BCUT2D eigenvalue weighted by molar-refractivity contribution is 0.510. The Labute approximate surface area is 124 Å². The molecule has 0 amide bonds. The molecule has 1 atom stereocenters. The molecule has 0 spiro atoms. The topological polar surface area (TPSA) is 55.6 Å². The number of thioether (sulfide) groups is 1. The number of tetrazole rings is 1. The fraction of sp³-hybridized carbons (Fsp3) is 0.500. The molecule has 0 radical (unpaired) electrons. The van der Waals surface area contributed by atoms with Gasteiger partial charge in [0, 0.05) is 11.8 Å². The Kier molecular flexibility index (Phi) is 6.01. The quantitative estimate of drug-likeness (QED) is 0.598. The van der Waals surface area contributed by atoms with Gasteiger partial charge in [0.25, 0.3) is 0 Å². The van der Waals surface area contributed by atoms with E-state index in [1.54, 1.807) is 11.8 Å². The molecule has 0 aliphatic heterocycles. The number of benzene rings is 1. The molecule has 1 aromatic carbocycles. The van der Waals surface area contributed by atoms with Crippen LogP contribution in [0.25, 0.3) is 0 Å². The maximum Gasteiger partial charge on any atom is 0.209 e. The smallest absolute Gasteiger partial charge is 0.209 e. The average Bonchev–Trinajstić information content (AvgIpc) is 2.92. The van der Waals surface area contributed by atoms with E-state index >= 15 is 0 Å². The molecular weight excluding hydrogens is 270 g/mol. The molecule has 108 valence electrons. The summed E-state index contributed by atoms with van der Waals surface area (Å²) in [6.45, 7) is 7.06. The summed E-state index contributed by atoms with van der Waals surface area (Å²) in [6, 6.07) is 10.4. The Balaban J connectivity index is 1.91. The van der Waals surface area contributed by atoms with Gasteiger partial charge in [0.15, 0.2) is 0 Å². The van der Waals surface area contributed by atoms with Crippen LogP contribution in [0.2, 0.25) is 0 Å². The van der Waals surface area contributed by atoms with Crippen LogP contribution in [-0.2, 0) is 6.54 Å². The molecule has 20 heavy (non-hydrogen) atoms.